The number of carbonyl (C=O) groups excluding carboxylic acids is 2. The Hall–Kier alpha value is -5.24. The fourth-order valence-corrected chi connectivity index (χ4v) is 7.65. The maximum Gasteiger partial charge on any atom is 0.296 e. The number of nitrogens with zero attached hydrogens (tertiary/aromatic N) is 8. The molecule has 0 aliphatic carbocycles. The highest BCUT2D eigenvalue weighted by Gasteiger charge is 2.37. The van der Waals surface area contributed by atoms with Crippen molar-refractivity contribution in [1.29, 1.82) is 0 Å². The fourth-order valence-electron chi connectivity index (χ4n) is 5.66. The zero-order chi connectivity index (χ0) is 39.3. The van der Waals surface area contributed by atoms with Gasteiger partial charge in [0.2, 0.25) is 0 Å². The number of amides is 2. The number of benzene rings is 4. The van der Waals surface area contributed by atoms with Crippen LogP contribution in [-0.2, 0) is 29.8 Å². The molecular weight excluding hydrogens is 783 g/mol. The molecule has 0 aromatic heterocycles. The first-order chi connectivity index (χ1) is 25.3. The first-order valence-corrected chi connectivity index (χ1v) is 19.3. The molecule has 2 atom stereocenters. The van der Waals surface area contributed by atoms with Crippen molar-refractivity contribution in [2.45, 2.75) is 49.6 Å². The molecule has 4 aromatic carbocycles. The second-order valence-electron chi connectivity index (χ2n) is 12.2. The predicted octanol–water partition coefficient (Wildman–Crippen LogP) is 7.52. The number of hydrogen-bond donors (Lipinski definition) is 2. The van der Waals surface area contributed by atoms with Crippen molar-refractivity contribution >= 4 is 89.4 Å². The number of azo groups is 2. The Labute approximate surface area is 319 Å². The molecule has 2 heterocycles. The van der Waals surface area contributed by atoms with E-state index in [4.69, 9.17) is 23.2 Å². The van der Waals surface area contributed by atoms with Crippen LogP contribution < -0.4 is 10.0 Å². The zero-order valence-electron chi connectivity index (χ0n) is 28.6. The molecule has 2 aliphatic rings. The van der Waals surface area contributed by atoms with Crippen molar-refractivity contribution in [3.05, 3.63) is 94.0 Å². The van der Waals surface area contributed by atoms with E-state index >= 15 is 0 Å². The van der Waals surface area contributed by atoms with Gasteiger partial charge in [-0.15, -0.1) is 0 Å². The minimum absolute atomic E-state index is 0.0769. The van der Waals surface area contributed by atoms with E-state index < -0.39 is 53.9 Å². The van der Waals surface area contributed by atoms with Crippen LogP contribution in [0.1, 0.15) is 25.0 Å². The second-order valence-corrected chi connectivity index (χ2v) is 15.8. The van der Waals surface area contributed by atoms with Crippen LogP contribution in [-0.4, -0.2) is 61.3 Å². The third-order valence-corrected chi connectivity index (χ3v) is 11.0. The molecule has 0 radical (unpaired) electrons. The SMILES string of the molecule is CC1=NN(c2ccc(Cl)c(S(=O)(=O)O)c2)C(=O)C1N=Nc1ccc(-c2ccc(N=NC3C(=O)N(c4ccc(Cl)c(S(=O)(=O)O)c4)N=C3C)cc2C)c(C)c1. The number of hydrazone groups is 2. The first kappa shape index (κ1) is 38.5. The lowest BCUT2D eigenvalue weighted by Crippen LogP contribution is -2.29. The van der Waals surface area contributed by atoms with Gasteiger partial charge in [-0.2, -0.15) is 57.5 Å². The molecule has 0 spiro atoms. The summed E-state index contributed by atoms with van der Waals surface area (Å²) in [5.74, 6) is -1.15. The molecule has 278 valence electrons. The topological polar surface area (TPSA) is 224 Å². The fraction of sp³-hybridized carbons (Fsp3) is 0.176. The Kier molecular flexibility index (Phi) is 10.4. The van der Waals surface area contributed by atoms with Gasteiger partial charge in [0.25, 0.3) is 32.1 Å². The molecule has 0 bridgehead atoms. The van der Waals surface area contributed by atoms with Gasteiger partial charge in [-0.25, -0.2) is 0 Å². The summed E-state index contributed by atoms with van der Waals surface area (Å²) in [7, 11) is -9.28. The summed E-state index contributed by atoms with van der Waals surface area (Å²) >= 11 is 11.8. The van der Waals surface area contributed by atoms with Gasteiger partial charge in [0, 0.05) is 0 Å². The van der Waals surface area contributed by atoms with Crippen LogP contribution in [0, 0.1) is 13.8 Å². The highest BCUT2D eigenvalue weighted by molar-refractivity contribution is 7.86. The van der Waals surface area contributed by atoms with Crippen molar-refractivity contribution in [2.24, 2.45) is 30.7 Å². The number of hydrogen-bond acceptors (Lipinski definition) is 12. The molecule has 20 heteroatoms. The van der Waals surface area contributed by atoms with Crippen molar-refractivity contribution in [2.75, 3.05) is 10.0 Å². The van der Waals surface area contributed by atoms with Gasteiger partial charge in [0.15, 0.2) is 12.1 Å². The average Bonchev–Trinajstić information content (AvgIpc) is 3.54. The highest BCUT2D eigenvalue weighted by atomic mass is 35.5. The zero-order valence-corrected chi connectivity index (χ0v) is 31.7. The molecule has 0 fully saturated rings. The molecule has 2 amide bonds. The number of aryl methyl sites for hydroxylation is 2. The van der Waals surface area contributed by atoms with Crippen LogP contribution >= 0.6 is 23.2 Å². The van der Waals surface area contributed by atoms with Crippen molar-refractivity contribution in [3.63, 3.8) is 0 Å². The smallest absolute Gasteiger partial charge is 0.282 e. The standard InChI is InChI=1S/C34H28Cl2N8O8S2/c1-17-13-21(37-39-31-19(3)41-43(33(31)45)23-7-11-27(35)29(15-23)53(47,48)49)5-9-25(17)26-10-6-22(14-18(26)2)38-40-32-20(4)42-44(34(32)46)24-8-12-28(36)30(16-24)54(50,51)52/h5-16,31-32H,1-4H3,(H,47,48,49)(H,50,51,52). The number of carbonyl (C=O) groups is 2. The van der Waals surface area contributed by atoms with E-state index in [0.717, 1.165) is 44.4 Å². The summed E-state index contributed by atoms with van der Waals surface area (Å²) in [4.78, 5) is 25.2. The lowest BCUT2D eigenvalue weighted by Gasteiger charge is -2.14. The van der Waals surface area contributed by atoms with Gasteiger partial charge in [-0.1, -0.05) is 35.3 Å². The van der Waals surface area contributed by atoms with E-state index in [1.807, 2.05) is 26.0 Å². The van der Waals surface area contributed by atoms with Crippen molar-refractivity contribution < 1.29 is 35.5 Å². The highest BCUT2D eigenvalue weighted by Crippen LogP contribution is 2.34. The molecule has 16 nitrogen and oxygen atoms in total. The molecule has 6 rings (SSSR count). The van der Waals surface area contributed by atoms with E-state index in [2.05, 4.69) is 30.7 Å². The summed E-state index contributed by atoms with van der Waals surface area (Å²) in [6.07, 6.45) is 0. The normalized spacial score (nSPS) is 18.0. The van der Waals surface area contributed by atoms with Gasteiger partial charge in [0.1, 0.15) is 9.79 Å². The van der Waals surface area contributed by atoms with E-state index in [1.165, 1.54) is 24.3 Å². The third kappa shape index (κ3) is 7.70. The van der Waals surface area contributed by atoms with E-state index in [1.54, 1.807) is 38.1 Å². The molecule has 54 heavy (non-hydrogen) atoms. The second kappa shape index (κ2) is 14.5. The van der Waals surface area contributed by atoms with Crippen LogP contribution in [0.4, 0.5) is 22.7 Å². The van der Waals surface area contributed by atoms with E-state index in [-0.39, 0.29) is 21.4 Å². The summed E-state index contributed by atoms with van der Waals surface area (Å²) in [6, 6.07) is 16.0. The van der Waals surface area contributed by atoms with Crippen LogP contribution in [0.2, 0.25) is 10.0 Å². The summed E-state index contributed by atoms with van der Waals surface area (Å²) in [5.41, 5.74) is 5.24. The van der Waals surface area contributed by atoms with Crippen molar-refractivity contribution in [1.82, 2.24) is 0 Å². The summed E-state index contributed by atoms with van der Waals surface area (Å²) in [5, 5.41) is 26.9. The van der Waals surface area contributed by atoms with Gasteiger partial charge in [-0.05, 0) is 111 Å². The predicted molar refractivity (Wildman–Crippen MR) is 202 cm³/mol. The Balaban J connectivity index is 1.14. The van der Waals surface area contributed by atoms with E-state index in [9.17, 15) is 35.5 Å². The van der Waals surface area contributed by atoms with Gasteiger partial charge >= 0.3 is 0 Å². The molecule has 2 aliphatic heterocycles. The largest absolute Gasteiger partial charge is 0.296 e. The van der Waals surface area contributed by atoms with Crippen LogP contribution in [0.15, 0.2) is 113 Å². The van der Waals surface area contributed by atoms with Crippen molar-refractivity contribution in [3.8, 4) is 11.1 Å². The molecule has 2 N–H and O–H groups in total. The number of halogens is 2. The lowest BCUT2D eigenvalue weighted by molar-refractivity contribution is -0.118. The summed E-state index contributed by atoms with van der Waals surface area (Å²) < 4.78 is 65.7. The average molecular weight is 812 g/mol. The number of rotatable bonds is 9. The number of anilines is 2. The quantitative estimate of drug-likeness (QED) is 0.127. The van der Waals surface area contributed by atoms with Crippen LogP contribution in [0.25, 0.3) is 11.1 Å². The van der Waals surface area contributed by atoms with Gasteiger partial charge in [0.05, 0.1) is 44.2 Å². The Morgan fingerprint density at radius 1 is 0.593 bits per heavy atom. The Bertz CT molecular complexity index is 2430. The molecule has 2 unspecified atom stereocenters. The third-order valence-electron chi connectivity index (χ3n) is 8.35. The lowest BCUT2D eigenvalue weighted by atomic mass is 9.96. The summed E-state index contributed by atoms with van der Waals surface area (Å²) in [6.45, 7) is 6.96. The minimum atomic E-state index is -4.64. The Morgan fingerprint density at radius 3 is 1.30 bits per heavy atom. The Morgan fingerprint density at radius 2 is 0.963 bits per heavy atom. The first-order valence-electron chi connectivity index (χ1n) is 15.7. The molecule has 0 saturated carbocycles. The van der Waals surface area contributed by atoms with Crippen LogP contribution in [0.5, 0.6) is 0 Å². The monoisotopic (exact) mass is 810 g/mol. The minimum Gasteiger partial charge on any atom is -0.282 e. The van der Waals surface area contributed by atoms with Gasteiger partial charge < -0.3 is 0 Å². The molecular formula is C34H28Cl2N8O8S2. The van der Waals surface area contributed by atoms with E-state index in [0.29, 0.717) is 22.8 Å². The molecule has 0 saturated heterocycles. The van der Waals surface area contributed by atoms with Gasteiger partial charge in [-0.3, -0.25) is 18.7 Å². The molecule has 4 aromatic rings. The maximum absolute atomic E-state index is 13.2. The maximum atomic E-state index is 13.2. The van der Waals surface area contributed by atoms with Crippen LogP contribution in [0.3, 0.4) is 0 Å².